The van der Waals surface area contributed by atoms with Gasteiger partial charge in [-0.1, -0.05) is 36.3 Å². The van der Waals surface area contributed by atoms with Crippen LogP contribution in [0.1, 0.15) is 18.4 Å². The number of aryl methyl sites for hydroxylation is 1. The van der Waals surface area contributed by atoms with E-state index in [2.05, 4.69) is 39.0 Å². The summed E-state index contributed by atoms with van der Waals surface area (Å²) in [6.45, 7) is 9.47. The Kier molecular flexibility index (Phi) is 6.53. The highest BCUT2D eigenvalue weighted by molar-refractivity contribution is 5.78. The van der Waals surface area contributed by atoms with Gasteiger partial charge in [0, 0.05) is 44.8 Å². The summed E-state index contributed by atoms with van der Waals surface area (Å²) < 4.78 is 10.8. The van der Waals surface area contributed by atoms with Crippen LogP contribution in [0.15, 0.2) is 28.8 Å². The van der Waals surface area contributed by atoms with E-state index in [0.29, 0.717) is 24.8 Å². The van der Waals surface area contributed by atoms with Crippen LogP contribution < -0.4 is 0 Å². The number of carbonyl (C=O) groups is 1. The Morgan fingerprint density at radius 3 is 2.41 bits per heavy atom. The van der Waals surface area contributed by atoms with E-state index in [1.807, 2.05) is 17.0 Å². The summed E-state index contributed by atoms with van der Waals surface area (Å²) in [7, 11) is 0. The predicted molar refractivity (Wildman–Crippen MR) is 108 cm³/mol. The highest BCUT2D eigenvalue weighted by atomic mass is 16.5. The van der Waals surface area contributed by atoms with E-state index >= 15 is 0 Å². The first kappa shape index (κ1) is 20.0. The van der Waals surface area contributed by atoms with Crippen LogP contribution in [0.25, 0.3) is 11.4 Å². The molecule has 1 aromatic heterocycles. The van der Waals surface area contributed by atoms with Crippen LogP contribution in [0.4, 0.5) is 0 Å². The zero-order valence-corrected chi connectivity index (χ0v) is 17.0. The van der Waals surface area contributed by atoms with Gasteiger partial charge in [0.1, 0.15) is 0 Å². The number of nitrogens with zero attached hydrogens (tertiary/aromatic N) is 5. The van der Waals surface area contributed by atoms with E-state index in [-0.39, 0.29) is 5.91 Å². The Labute approximate surface area is 171 Å². The van der Waals surface area contributed by atoms with Crippen LogP contribution in [0.2, 0.25) is 0 Å². The van der Waals surface area contributed by atoms with Gasteiger partial charge >= 0.3 is 0 Å². The summed E-state index contributed by atoms with van der Waals surface area (Å²) in [6, 6.07) is 8.26. The van der Waals surface area contributed by atoms with Gasteiger partial charge in [-0.15, -0.1) is 0 Å². The molecular weight excluding hydrogens is 370 g/mol. The second-order valence-corrected chi connectivity index (χ2v) is 7.61. The van der Waals surface area contributed by atoms with Gasteiger partial charge in [0.2, 0.25) is 17.6 Å². The molecule has 4 rings (SSSR count). The van der Waals surface area contributed by atoms with Crippen LogP contribution in [0.3, 0.4) is 0 Å². The lowest BCUT2D eigenvalue weighted by Gasteiger charge is -2.35. The number of hydrogen-bond donors (Lipinski definition) is 0. The molecule has 8 nitrogen and oxygen atoms in total. The van der Waals surface area contributed by atoms with Gasteiger partial charge in [-0.05, 0) is 12.0 Å². The summed E-state index contributed by atoms with van der Waals surface area (Å²) >= 11 is 0. The molecule has 0 spiro atoms. The molecule has 0 unspecified atom stereocenters. The Hall–Kier alpha value is -2.29. The number of amides is 1. The van der Waals surface area contributed by atoms with Gasteiger partial charge < -0.3 is 14.2 Å². The molecule has 0 atom stereocenters. The molecule has 8 heteroatoms. The molecule has 3 heterocycles. The number of rotatable bonds is 6. The Bertz CT molecular complexity index is 793. The number of morpholine rings is 1. The Morgan fingerprint density at radius 1 is 1.00 bits per heavy atom. The first-order chi connectivity index (χ1) is 14.2. The van der Waals surface area contributed by atoms with Crippen molar-refractivity contribution in [2.24, 2.45) is 0 Å². The molecule has 0 radical (unpaired) electrons. The summed E-state index contributed by atoms with van der Waals surface area (Å²) in [4.78, 5) is 23.5. The predicted octanol–water partition coefficient (Wildman–Crippen LogP) is 1.28. The zero-order valence-electron chi connectivity index (χ0n) is 17.0. The fourth-order valence-corrected chi connectivity index (χ4v) is 3.72. The number of aromatic nitrogens is 2. The van der Waals surface area contributed by atoms with Crippen molar-refractivity contribution in [3.8, 4) is 11.4 Å². The molecule has 0 aliphatic carbocycles. The van der Waals surface area contributed by atoms with Gasteiger partial charge in [-0.3, -0.25) is 14.6 Å². The highest BCUT2D eigenvalue weighted by Crippen LogP contribution is 2.18. The first-order valence-corrected chi connectivity index (χ1v) is 10.4. The van der Waals surface area contributed by atoms with Crippen LogP contribution in [-0.2, 0) is 22.5 Å². The summed E-state index contributed by atoms with van der Waals surface area (Å²) in [5.41, 5.74) is 2.26. The number of carbonyl (C=O) groups excluding carboxylic acids is 1. The molecule has 156 valence electrons. The molecule has 0 bridgehead atoms. The van der Waals surface area contributed by atoms with Gasteiger partial charge in [0.15, 0.2) is 0 Å². The van der Waals surface area contributed by atoms with Crippen LogP contribution in [0.5, 0.6) is 0 Å². The molecule has 2 fully saturated rings. The molecular formula is C21H29N5O3. The average Bonchev–Trinajstić information content (AvgIpc) is 3.23. The lowest BCUT2D eigenvalue weighted by Crippen LogP contribution is -2.52. The minimum absolute atomic E-state index is 0.210. The number of piperazine rings is 1. The fraction of sp³-hybridized carbons (Fsp3) is 0.571. The minimum Gasteiger partial charge on any atom is -0.379 e. The molecule has 2 saturated heterocycles. The zero-order chi connectivity index (χ0) is 20.1. The van der Waals surface area contributed by atoms with Gasteiger partial charge in [0.05, 0.1) is 26.3 Å². The topological polar surface area (TPSA) is 74.9 Å². The van der Waals surface area contributed by atoms with Crippen molar-refractivity contribution in [2.75, 3.05) is 59.0 Å². The molecule has 0 N–H and O–H groups in total. The maximum absolute atomic E-state index is 12.5. The van der Waals surface area contributed by atoms with E-state index in [9.17, 15) is 4.79 Å². The van der Waals surface area contributed by atoms with Gasteiger partial charge in [-0.25, -0.2) is 0 Å². The maximum atomic E-state index is 12.5. The van der Waals surface area contributed by atoms with E-state index in [1.54, 1.807) is 0 Å². The molecule has 2 aliphatic rings. The molecule has 2 aliphatic heterocycles. The van der Waals surface area contributed by atoms with Crippen molar-refractivity contribution in [1.29, 1.82) is 0 Å². The third kappa shape index (κ3) is 5.20. The van der Waals surface area contributed by atoms with E-state index in [0.717, 1.165) is 64.5 Å². The van der Waals surface area contributed by atoms with Crippen molar-refractivity contribution in [3.05, 3.63) is 35.7 Å². The van der Waals surface area contributed by atoms with Gasteiger partial charge in [-0.2, -0.15) is 4.98 Å². The summed E-state index contributed by atoms with van der Waals surface area (Å²) in [5.74, 6) is 1.46. The SMILES string of the molecule is CCc1ccc(-c2noc(CN3CCN(C(=O)CN4CCOCC4)CC3)n2)cc1. The largest absolute Gasteiger partial charge is 0.379 e. The maximum Gasteiger partial charge on any atom is 0.241 e. The highest BCUT2D eigenvalue weighted by Gasteiger charge is 2.24. The molecule has 2 aromatic rings. The second kappa shape index (κ2) is 9.47. The van der Waals surface area contributed by atoms with Crippen molar-refractivity contribution in [3.63, 3.8) is 0 Å². The van der Waals surface area contributed by atoms with E-state index in [4.69, 9.17) is 9.26 Å². The summed E-state index contributed by atoms with van der Waals surface area (Å²) in [5, 5.41) is 4.12. The number of benzene rings is 1. The van der Waals surface area contributed by atoms with Crippen molar-refractivity contribution in [1.82, 2.24) is 24.8 Å². The third-order valence-corrected chi connectivity index (χ3v) is 5.63. The van der Waals surface area contributed by atoms with Crippen molar-refractivity contribution in [2.45, 2.75) is 19.9 Å². The Balaban J connectivity index is 1.25. The van der Waals surface area contributed by atoms with E-state index < -0.39 is 0 Å². The smallest absolute Gasteiger partial charge is 0.241 e. The van der Waals surface area contributed by atoms with Crippen molar-refractivity contribution < 1.29 is 14.1 Å². The number of hydrogen-bond acceptors (Lipinski definition) is 7. The minimum atomic E-state index is 0.210. The molecule has 29 heavy (non-hydrogen) atoms. The molecule has 1 aromatic carbocycles. The van der Waals surface area contributed by atoms with Crippen molar-refractivity contribution >= 4 is 5.91 Å². The van der Waals surface area contributed by atoms with Crippen LogP contribution >= 0.6 is 0 Å². The van der Waals surface area contributed by atoms with Crippen LogP contribution in [0, 0.1) is 0 Å². The standard InChI is InChI=1S/C21H29N5O3/c1-2-17-3-5-18(6-4-17)21-22-19(29-23-21)15-24-7-9-26(10-8-24)20(27)16-25-11-13-28-14-12-25/h3-6H,2,7-16H2,1H3. The van der Waals surface area contributed by atoms with Gasteiger partial charge in [0.25, 0.3) is 0 Å². The van der Waals surface area contributed by atoms with E-state index in [1.165, 1.54) is 5.56 Å². The lowest BCUT2D eigenvalue weighted by atomic mass is 10.1. The summed E-state index contributed by atoms with van der Waals surface area (Å²) in [6.07, 6.45) is 1.01. The fourth-order valence-electron chi connectivity index (χ4n) is 3.72. The van der Waals surface area contributed by atoms with Crippen LogP contribution in [-0.4, -0.2) is 89.8 Å². The third-order valence-electron chi connectivity index (χ3n) is 5.63. The lowest BCUT2D eigenvalue weighted by molar-refractivity contribution is -0.135. The number of ether oxygens (including phenoxy) is 1. The normalized spacial score (nSPS) is 18.9. The monoisotopic (exact) mass is 399 g/mol. The average molecular weight is 399 g/mol. The molecule has 1 amide bonds. The molecule has 0 saturated carbocycles. The first-order valence-electron chi connectivity index (χ1n) is 10.4. The quantitative estimate of drug-likeness (QED) is 0.724. The second-order valence-electron chi connectivity index (χ2n) is 7.61. The Morgan fingerprint density at radius 2 is 1.72 bits per heavy atom.